The molecule has 1 aliphatic heterocycles. The van der Waals surface area contributed by atoms with Crippen LogP contribution in [0.3, 0.4) is 0 Å². The Bertz CT molecular complexity index is 1120. The molecule has 1 amide bonds. The van der Waals surface area contributed by atoms with Gasteiger partial charge < -0.3 is 19.5 Å². The third kappa shape index (κ3) is 5.88. The molecule has 2 aromatic rings. The van der Waals surface area contributed by atoms with Gasteiger partial charge in [-0.1, -0.05) is 6.07 Å². The van der Waals surface area contributed by atoms with E-state index in [4.69, 9.17) is 4.74 Å². The van der Waals surface area contributed by atoms with Crippen LogP contribution in [0.15, 0.2) is 47.4 Å². The monoisotopic (exact) mass is 476 g/mol. The Morgan fingerprint density at radius 2 is 1.55 bits per heavy atom. The van der Waals surface area contributed by atoms with Crippen molar-refractivity contribution in [1.82, 2.24) is 4.31 Å². The van der Waals surface area contributed by atoms with Crippen molar-refractivity contribution in [2.75, 3.05) is 39.2 Å². The first kappa shape index (κ1) is 24.2. The fraction of sp³-hybridized carbons (Fsp3) is 0.318. The van der Waals surface area contributed by atoms with Crippen LogP contribution in [-0.2, 0) is 24.3 Å². The van der Waals surface area contributed by atoms with Crippen molar-refractivity contribution < 1.29 is 37.0 Å². The number of nitrogens with zero attached hydrogens (tertiary/aromatic N) is 1. The second-order valence-electron chi connectivity index (χ2n) is 7.21. The average Bonchev–Trinajstić information content (AvgIpc) is 3.37. The maximum atomic E-state index is 12.7. The van der Waals surface area contributed by atoms with Crippen molar-refractivity contribution >= 4 is 33.6 Å². The Morgan fingerprint density at radius 1 is 0.939 bits per heavy atom. The Morgan fingerprint density at radius 3 is 2.12 bits per heavy atom. The second kappa shape index (κ2) is 10.5. The molecule has 1 saturated heterocycles. The summed E-state index contributed by atoms with van der Waals surface area (Å²) in [4.78, 5) is 36.2. The Balaban J connectivity index is 1.69. The molecule has 0 aliphatic carbocycles. The highest BCUT2D eigenvalue weighted by molar-refractivity contribution is 7.89. The first-order valence-corrected chi connectivity index (χ1v) is 11.5. The van der Waals surface area contributed by atoms with Gasteiger partial charge in [-0.15, -0.1) is 0 Å². The number of esters is 2. The summed E-state index contributed by atoms with van der Waals surface area (Å²) in [7, 11) is -1.23. The van der Waals surface area contributed by atoms with E-state index < -0.39 is 34.5 Å². The Kier molecular flexibility index (Phi) is 7.67. The number of amides is 1. The fourth-order valence-electron chi connectivity index (χ4n) is 3.31. The van der Waals surface area contributed by atoms with Crippen LogP contribution in [0.1, 0.15) is 33.6 Å². The van der Waals surface area contributed by atoms with E-state index in [1.165, 1.54) is 48.9 Å². The summed E-state index contributed by atoms with van der Waals surface area (Å²) in [6.45, 7) is 0.504. The quantitative estimate of drug-likeness (QED) is 0.574. The van der Waals surface area contributed by atoms with Crippen molar-refractivity contribution in [2.24, 2.45) is 0 Å². The molecule has 0 atom stereocenters. The molecule has 10 nitrogen and oxygen atoms in total. The van der Waals surface area contributed by atoms with Gasteiger partial charge in [0, 0.05) is 18.8 Å². The van der Waals surface area contributed by atoms with Crippen molar-refractivity contribution in [2.45, 2.75) is 17.7 Å². The van der Waals surface area contributed by atoms with E-state index in [9.17, 15) is 22.8 Å². The highest BCUT2D eigenvalue weighted by Crippen LogP contribution is 2.23. The third-order valence-electron chi connectivity index (χ3n) is 4.94. The summed E-state index contributed by atoms with van der Waals surface area (Å²) in [5.41, 5.74) is 0.397. The summed E-state index contributed by atoms with van der Waals surface area (Å²) in [6, 6.07) is 9.92. The lowest BCUT2D eigenvalue weighted by molar-refractivity contribution is -0.118. The lowest BCUT2D eigenvalue weighted by atomic mass is 10.1. The second-order valence-corrected chi connectivity index (χ2v) is 9.14. The number of benzene rings is 2. The summed E-state index contributed by atoms with van der Waals surface area (Å²) < 4.78 is 41.6. The number of rotatable bonds is 8. The molecule has 33 heavy (non-hydrogen) atoms. The largest absolute Gasteiger partial charge is 0.484 e. The zero-order valence-corrected chi connectivity index (χ0v) is 19.0. The van der Waals surface area contributed by atoms with Gasteiger partial charge in [0.1, 0.15) is 5.75 Å². The van der Waals surface area contributed by atoms with Gasteiger partial charge in [0.15, 0.2) is 6.61 Å². The highest BCUT2D eigenvalue weighted by Gasteiger charge is 2.27. The number of carbonyl (C=O) groups excluding carboxylic acids is 3. The number of carbonyl (C=O) groups is 3. The van der Waals surface area contributed by atoms with Crippen LogP contribution in [0.4, 0.5) is 5.69 Å². The lowest BCUT2D eigenvalue weighted by Gasteiger charge is -2.16. The maximum Gasteiger partial charge on any atom is 0.338 e. The molecule has 0 radical (unpaired) electrons. The van der Waals surface area contributed by atoms with E-state index in [0.29, 0.717) is 18.8 Å². The fourth-order valence-corrected chi connectivity index (χ4v) is 4.88. The zero-order valence-electron chi connectivity index (χ0n) is 18.2. The normalized spacial score (nSPS) is 13.9. The number of sulfonamides is 1. The molecular weight excluding hydrogens is 452 g/mol. The minimum absolute atomic E-state index is 0.0515. The van der Waals surface area contributed by atoms with E-state index >= 15 is 0 Å². The predicted molar refractivity (Wildman–Crippen MR) is 118 cm³/mol. The molecule has 1 fully saturated rings. The third-order valence-corrected chi connectivity index (χ3v) is 6.83. The van der Waals surface area contributed by atoms with Crippen LogP contribution in [0, 0.1) is 0 Å². The van der Waals surface area contributed by atoms with Gasteiger partial charge in [0.05, 0.1) is 30.2 Å². The highest BCUT2D eigenvalue weighted by atomic mass is 32.2. The van der Waals surface area contributed by atoms with Crippen LogP contribution >= 0.6 is 0 Å². The van der Waals surface area contributed by atoms with Gasteiger partial charge >= 0.3 is 11.9 Å². The van der Waals surface area contributed by atoms with Gasteiger partial charge in [-0.05, 0) is 49.2 Å². The molecule has 1 aliphatic rings. The summed E-state index contributed by atoms with van der Waals surface area (Å²) in [5, 5.41) is 2.58. The molecule has 11 heteroatoms. The number of hydrogen-bond acceptors (Lipinski definition) is 8. The van der Waals surface area contributed by atoms with Crippen LogP contribution in [-0.4, -0.2) is 64.5 Å². The minimum atomic E-state index is -3.62. The smallest absolute Gasteiger partial charge is 0.338 e. The SMILES string of the molecule is COC(=O)c1cc(OCC(=O)Nc2cccc(S(=O)(=O)N3CCCC3)c2)cc(C(=O)OC)c1. The van der Waals surface area contributed by atoms with Crippen LogP contribution in [0.5, 0.6) is 5.75 Å². The number of anilines is 1. The maximum absolute atomic E-state index is 12.7. The molecule has 176 valence electrons. The van der Waals surface area contributed by atoms with Gasteiger partial charge in [-0.25, -0.2) is 18.0 Å². The lowest BCUT2D eigenvalue weighted by Crippen LogP contribution is -2.28. The van der Waals surface area contributed by atoms with E-state index in [0.717, 1.165) is 12.8 Å². The molecular formula is C22H24N2O8S. The van der Waals surface area contributed by atoms with E-state index in [2.05, 4.69) is 14.8 Å². The average molecular weight is 477 g/mol. The van der Waals surface area contributed by atoms with Crippen LogP contribution in [0.2, 0.25) is 0 Å². The number of ether oxygens (including phenoxy) is 3. The topological polar surface area (TPSA) is 128 Å². The molecule has 0 unspecified atom stereocenters. The summed E-state index contributed by atoms with van der Waals surface area (Å²) in [5.74, 6) is -1.86. The van der Waals surface area contributed by atoms with Crippen molar-refractivity contribution in [3.8, 4) is 5.75 Å². The van der Waals surface area contributed by atoms with Gasteiger partial charge in [-0.3, -0.25) is 4.79 Å². The predicted octanol–water partition coefficient (Wildman–Crippen LogP) is 2.06. The van der Waals surface area contributed by atoms with E-state index in [1.807, 2.05) is 0 Å². The van der Waals surface area contributed by atoms with Crippen LogP contribution in [0.25, 0.3) is 0 Å². The summed E-state index contributed by atoms with van der Waals surface area (Å²) in [6.07, 6.45) is 1.64. The molecule has 1 heterocycles. The first-order chi connectivity index (χ1) is 15.7. The van der Waals surface area contributed by atoms with Crippen molar-refractivity contribution in [3.63, 3.8) is 0 Å². The van der Waals surface area contributed by atoms with Gasteiger partial charge in [0.2, 0.25) is 10.0 Å². The number of nitrogens with one attached hydrogen (secondary N) is 1. The molecule has 0 saturated carbocycles. The Labute approximate surface area is 191 Å². The minimum Gasteiger partial charge on any atom is -0.484 e. The molecule has 0 bridgehead atoms. The molecule has 2 aromatic carbocycles. The van der Waals surface area contributed by atoms with E-state index in [-0.39, 0.29) is 21.8 Å². The first-order valence-electron chi connectivity index (χ1n) is 10.1. The van der Waals surface area contributed by atoms with Gasteiger partial charge in [-0.2, -0.15) is 4.31 Å². The molecule has 0 aromatic heterocycles. The number of hydrogen-bond donors (Lipinski definition) is 1. The zero-order chi connectivity index (χ0) is 24.0. The van der Waals surface area contributed by atoms with E-state index in [1.54, 1.807) is 12.1 Å². The van der Waals surface area contributed by atoms with Crippen molar-refractivity contribution in [3.05, 3.63) is 53.6 Å². The standard InChI is InChI=1S/C22H24N2O8S/c1-30-21(26)15-10-16(22(27)31-2)12-18(11-15)32-14-20(25)23-17-6-5-7-19(13-17)33(28,29)24-8-3-4-9-24/h5-7,10-13H,3-4,8-9,14H2,1-2H3,(H,23,25). The Hall–Kier alpha value is -3.44. The van der Waals surface area contributed by atoms with Crippen molar-refractivity contribution in [1.29, 1.82) is 0 Å². The molecule has 3 rings (SSSR count). The molecule has 0 spiro atoms. The number of methoxy groups -OCH3 is 2. The molecule has 1 N–H and O–H groups in total. The van der Waals surface area contributed by atoms with Crippen LogP contribution < -0.4 is 10.1 Å². The van der Waals surface area contributed by atoms with Gasteiger partial charge in [0.25, 0.3) is 5.91 Å². The summed E-state index contributed by atoms with van der Waals surface area (Å²) >= 11 is 0.